The fourth-order valence-corrected chi connectivity index (χ4v) is 2.97. The van der Waals surface area contributed by atoms with E-state index >= 15 is 0 Å². The van der Waals surface area contributed by atoms with Crippen molar-refractivity contribution in [2.45, 2.75) is 39.2 Å². The maximum atomic E-state index is 10.7. The highest BCUT2D eigenvalue weighted by molar-refractivity contribution is 5.66. The first-order valence-electron chi connectivity index (χ1n) is 7.83. The van der Waals surface area contributed by atoms with E-state index in [9.17, 15) is 4.79 Å². The second kappa shape index (κ2) is 8.03. The van der Waals surface area contributed by atoms with Gasteiger partial charge in [-0.15, -0.1) is 0 Å². The summed E-state index contributed by atoms with van der Waals surface area (Å²) in [6.07, 6.45) is 3.42. The van der Waals surface area contributed by atoms with Crippen LogP contribution in [0.1, 0.15) is 38.2 Å². The number of carboxylic acid groups (broad SMARTS) is 1. The first-order chi connectivity index (χ1) is 10.2. The molecule has 0 saturated carbocycles. The first-order valence-corrected chi connectivity index (χ1v) is 7.83. The molecule has 0 radical (unpaired) electrons. The third-order valence-corrected chi connectivity index (χ3v) is 4.01. The van der Waals surface area contributed by atoms with E-state index in [4.69, 9.17) is 9.84 Å². The molecule has 0 aromatic heterocycles. The molecule has 0 aliphatic carbocycles. The van der Waals surface area contributed by atoms with Crippen molar-refractivity contribution in [3.05, 3.63) is 29.8 Å². The molecule has 1 heterocycles. The second-order valence-electron chi connectivity index (χ2n) is 5.75. The van der Waals surface area contributed by atoms with Crippen LogP contribution in [0.25, 0.3) is 0 Å². The average molecular weight is 291 g/mol. The Bertz CT molecular complexity index is 444. The second-order valence-corrected chi connectivity index (χ2v) is 5.75. The highest BCUT2D eigenvalue weighted by atomic mass is 16.5. The number of likely N-dealkylation sites (tertiary alicyclic amines) is 1. The third-order valence-electron chi connectivity index (χ3n) is 4.01. The molecule has 21 heavy (non-hydrogen) atoms. The smallest absolute Gasteiger partial charge is 0.303 e. The number of ether oxygens (including phenoxy) is 1. The van der Waals surface area contributed by atoms with Gasteiger partial charge in [-0.2, -0.15) is 0 Å². The van der Waals surface area contributed by atoms with Crippen LogP contribution in [0.2, 0.25) is 0 Å². The van der Waals surface area contributed by atoms with Crippen LogP contribution in [-0.4, -0.2) is 35.7 Å². The van der Waals surface area contributed by atoms with Crippen molar-refractivity contribution in [1.82, 2.24) is 4.90 Å². The van der Waals surface area contributed by atoms with Crippen molar-refractivity contribution in [1.29, 1.82) is 0 Å². The fraction of sp³-hybridized carbons (Fsp3) is 0.588. The molecule has 1 N–H and O–H groups in total. The summed E-state index contributed by atoms with van der Waals surface area (Å²) in [6.45, 7) is 5.74. The quantitative estimate of drug-likeness (QED) is 0.838. The Morgan fingerprint density at radius 3 is 2.81 bits per heavy atom. The zero-order valence-corrected chi connectivity index (χ0v) is 12.8. The lowest BCUT2D eigenvalue weighted by Crippen LogP contribution is -2.35. The maximum Gasteiger partial charge on any atom is 0.303 e. The summed E-state index contributed by atoms with van der Waals surface area (Å²) in [5.74, 6) is 0.760. The number of aliphatic carboxylic acids is 1. The van der Waals surface area contributed by atoms with E-state index in [0.717, 1.165) is 38.2 Å². The molecule has 116 valence electrons. The van der Waals surface area contributed by atoms with Crippen LogP contribution >= 0.6 is 0 Å². The van der Waals surface area contributed by atoms with Gasteiger partial charge in [-0.3, -0.25) is 9.69 Å². The number of carboxylic acids is 1. The van der Waals surface area contributed by atoms with Gasteiger partial charge < -0.3 is 9.84 Å². The van der Waals surface area contributed by atoms with Crippen LogP contribution < -0.4 is 4.74 Å². The minimum atomic E-state index is -0.682. The van der Waals surface area contributed by atoms with Gasteiger partial charge in [0.2, 0.25) is 0 Å². The van der Waals surface area contributed by atoms with Crippen molar-refractivity contribution in [3.63, 3.8) is 0 Å². The van der Waals surface area contributed by atoms with E-state index in [1.807, 2.05) is 19.1 Å². The third kappa shape index (κ3) is 5.38. The summed E-state index contributed by atoms with van der Waals surface area (Å²) in [6, 6.07) is 8.27. The minimum Gasteiger partial charge on any atom is -0.494 e. The number of piperidine rings is 1. The topological polar surface area (TPSA) is 49.8 Å². The fourth-order valence-electron chi connectivity index (χ4n) is 2.97. The highest BCUT2D eigenvalue weighted by Gasteiger charge is 2.20. The largest absolute Gasteiger partial charge is 0.494 e. The molecule has 2 rings (SSSR count). The predicted octanol–water partition coefficient (Wildman–Crippen LogP) is 3.16. The molecule has 1 aromatic rings. The van der Waals surface area contributed by atoms with Gasteiger partial charge >= 0.3 is 5.97 Å². The van der Waals surface area contributed by atoms with E-state index in [1.165, 1.54) is 12.0 Å². The summed E-state index contributed by atoms with van der Waals surface area (Å²) in [7, 11) is 0. The molecule has 1 aromatic carbocycles. The molecule has 0 bridgehead atoms. The van der Waals surface area contributed by atoms with Crippen LogP contribution in [0.5, 0.6) is 5.75 Å². The first kappa shape index (κ1) is 15.8. The number of nitrogens with zero attached hydrogens (tertiary/aromatic N) is 1. The zero-order valence-electron chi connectivity index (χ0n) is 12.8. The average Bonchev–Trinajstić information content (AvgIpc) is 2.48. The Kier molecular flexibility index (Phi) is 6.05. The molecule has 1 saturated heterocycles. The summed E-state index contributed by atoms with van der Waals surface area (Å²) in [5.41, 5.74) is 1.29. The number of rotatable bonds is 7. The van der Waals surface area contributed by atoms with Gasteiger partial charge in [-0.25, -0.2) is 0 Å². The summed E-state index contributed by atoms with van der Waals surface area (Å²) >= 11 is 0. The Morgan fingerprint density at radius 1 is 1.38 bits per heavy atom. The number of hydrogen-bond acceptors (Lipinski definition) is 3. The lowest BCUT2D eigenvalue weighted by atomic mass is 9.93. The van der Waals surface area contributed by atoms with Crippen LogP contribution in [0.4, 0.5) is 0 Å². The van der Waals surface area contributed by atoms with Crippen LogP contribution in [0.15, 0.2) is 24.3 Å². The molecule has 4 heteroatoms. The number of hydrogen-bond donors (Lipinski definition) is 1. The molecular weight excluding hydrogens is 266 g/mol. The van der Waals surface area contributed by atoms with Crippen LogP contribution in [0, 0.1) is 5.92 Å². The molecule has 0 amide bonds. The van der Waals surface area contributed by atoms with E-state index in [0.29, 0.717) is 18.9 Å². The van der Waals surface area contributed by atoms with E-state index in [-0.39, 0.29) is 0 Å². The summed E-state index contributed by atoms with van der Waals surface area (Å²) in [5, 5.41) is 8.79. The minimum absolute atomic E-state index is 0.293. The molecule has 0 spiro atoms. The van der Waals surface area contributed by atoms with Gasteiger partial charge in [0.1, 0.15) is 5.75 Å². The van der Waals surface area contributed by atoms with Crippen molar-refractivity contribution < 1.29 is 14.6 Å². The lowest BCUT2D eigenvalue weighted by Gasteiger charge is -2.32. The SMILES string of the molecule is CCOc1ccc(CN2CCCC(CCC(=O)O)C2)cc1. The van der Waals surface area contributed by atoms with Crippen molar-refractivity contribution >= 4 is 5.97 Å². The van der Waals surface area contributed by atoms with Crippen molar-refractivity contribution in [2.24, 2.45) is 5.92 Å². The zero-order chi connectivity index (χ0) is 15.1. The summed E-state index contributed by atoms with van der Waals surface area (Å²) < 4.78 is 5.45. The molecule has 4 nitrogen and oxygen atoms in total. The molecule has 1 aliphatic heterocycles. The molecule has 1 fully saturated rings. The maximum absolute atomic E-state index is 10.7. The Labute approximate surface area is 126 Å². The predicted molar refractivity (Wildman–Crippen MR) is 82.5 cm³/mol. The monoisotopic (exact) mass is 291 g/mol. The van der Waals surface area contributed by atoms with Crippen molar-refractivity contribution in [3.8, 4) is 5.75 Å². The Hall–Kier alpha value is -1.55. The van der Waals surface area contributed by atoms with Gasteiger partial charge in [0.25, 0.3) is 0 Å². The molecular formula is C17H25NO3. The summed E-state index contributed by atoms with van der Waals surface area (Å²) in [4.78, 5) is 13.1. The van der Waals surface area contributed by atoms with Gasteiger partial charge in [0.15, 0.2) is 0 Å². The van der Waals surface area contributed by atoms with Gasteiger partial charge in [-0.1, -0.05) is 12.1 Å². The van der Waals surface area contributed by atoms with Gasteiger partial charge in [0.05, 0.1) is 6.61 Å². The number of benzene rings is 1. The van der Waals surface area contributed by atoms with Crippen LogP contribution in [0.3, 0.4) is 0 Å². The normalized spacial score (nSPS) is 19.4. The molecule has 1 atom stereocenters. The van der Waals surface area contributed by atoms with Crippen molar-refractivity contribution in [2.75, 3.05) is 19.7 Å². The Morgan fingerprint density at radius 2 is 2.14 bits per heavy atom. The molecule has 1 unspecified atom stereocenters. The van der Waals surface area contributed by atoms with E-state index in [1.54, 1.807) is 0 Å². The number of carbonyl (C=O) groups is 1. The van der Waals surface area contributed by atoms with Crippen LogP contribution in [-0.2, 0) is 11.3 Å². The Balaban J connectivity index is 1.82. The van der Waals surface area contributed by atoms with Gasteiger partial charge in [-0.05, 0) is 56.3 Å². The standard InChI is InChI=1S/C17H25NO3/c1-2-21-16-8-5-15(6-9-16)13-18-11-3-4-14(12-18)7-10-17(19)20/h5-6,8-9,14H,2-4,7,10-13H2,1H3,(H,19,20). The lowest BCUT2D eigenvalue weighted by molar-refractivity contribution is -0.137. The molecule has 1 aliphatic rings. The van der Waals surface area contributed by atoms with Gasteiger partial charge in [0, 0.05) is 19.5 Å². The van der Waals surface area contributed by atoms with E-state index in [2.05, 4.69) is 17.0 Å². The van der Waals surface area contributed by atoms with E-state index < -0.39 is 5.97 Å². The highest BCUT2D eigenvalue weighted by Crippen LogP contribution is 2.23.